The summed E-state index contributed by atoms with van der Waals surface area (Å²) >= 11 is 0. The number of nitrogens with one attached hydrogen (secondary N) is 2. The fraction of sp³-hybridized carbons (Fsp3) is 0.350. The molecule has 1 aliphatic carbocycles. The van der Waals surface area contributed by atoms with Gasteiger partial charge in [0.15, 0.2) is 0 Å². The van der Waals surface area contributed by atoms with Gasteiger partial charge in [-0.15, -0.1) is 0 Å². The fourth-order valence-electron chi connectivity index (χ4n) is 3.27. The Labute approximate surface area is 154 Å². The van der Waals surface area contributed by atoms with Crippen LogP contribution in [-0.4, -0.2) is 20.9 Å². The zero-order valence-electron chi connectivity index (χ0n) is 14.9. The predicted octanol–water partition coefficient (Wildman–Crippen LogP) is 3.18. The van der Waals surface area contributed by atoms with Crippen LogP contribution in [0.25, 0.3) is 0 Å². The summed E-state index contributed by atoms with van der Waals surface area (Å²) in [5.74, 6) is -0.251. The first-order chi connectivity index (χ1) is 12.5. The SMILES string of the molecule is CCCNS(=O)(=O)c1cccc(C(=O)N[C@@H]2CCCc3ccccc32)c1. The molecule has 5 nitrogen and oxygen atoms in total. The van der Waals surface area contributed by atoms with Crippen LogP contribution >= 0.6 is 0 Å². The third-order valence-electron chi connectivity index (χ3n) is 4.62. The Morgan fingerprint density at radius 1 is 1.15 bits per heavy atom. The molecular formula is C20H24N2O3S. The summed E-state index contributed by atoms with van der Waals surface area (Å²) in [6.07, 6.45) is 3.65. The van der Waals surface area contributed by atoms with E-state index >= 15 is 0 Å². The maximum absolute atomic E-state index is 12.7. The average molecular weight is 372 g/mol. The summed E-state index contributed by atoms with van der Waals surface area (Å²) in [7, 11) is -3.59. The second kappa shape index (κ2) is 8.01. The first kappa shape index (κ1) is 18.6. The summed E-state index contributed by atoms with van der Waals surface area (Å²) in [4.78, 5) is 12.8. The summed E-state index contributed by atoms with van der Waals surface area (Å²) in [6.45, 7) is 2.27. The molecule has 0 heterocycles. The van der Waals surface area contributed by atoms with E-state index in [1.807, 2.05) is 19.1 Å². The summed E-state index contributed by atoms with van der Waals surface area (Å²) in [5.41, 5.74) is 2.78. The van der Waals surface area contributed by atoms with Gasteiger partial charge in [0, 0.05) is 12.1 Å². The molecule has 0 saturated carbocycles. The lowest BCUT2D eigenvalue weighted by Crippen LogP contribution is -2.31. The van der Waals surface area contributed by atoms with E-state index in [4.69, 9.17) is 0 Å². The zero-order chi connectivity index (χ0) is 18.6. The van der Waals surface area contributed by atoms with Crippen LogP contribution in [0.4, 0.5) is 0 Å². The molecule has 0 radical (unpaired) electrons. The van der Waals surface area contributed by atoms with E-state index in [-0.39, 0.29) is 16.8 Å². The van der Waals surface area contributed by atoms with Gasteiger partial charge in [0.1, 0.15) is 0 Å². The minimum atomic E-state index is -3.59. The smallest absolute Gasteiger partial charge is 0.251 e. The number of fused-ring (bicyclic) bond motifs is 1. The number of amides is 1. The highest BCUT2D eigenvalue weighted by Crippen LogP contribution is 2.29. The van der Waals surface area contributed by atoms with E-state index in [9.17, 15) is 13.2 Å². The van der Waals surface area contributed by atoms with Gasteiger partial charge in [-0.2, -0.15) is 0 Å². The minimum Gasteiger partial charge on any atom is -0.345 e. The van der Waals surface area contributed by atoms with Gasteiger partial charge in [-0.1, -0.05) is 37.3 Å². The van der Waals surface area contributed by atoms with Gasteiger partial charge in [-0.25, -0.2) is 13.1 Å². The molecule has 6 heteroatoms. The number of carbonyl (C=O) groups excluding carboxylic acids is 1. The highest BCUT2D eigenvalue weighted by Gasteiger charge is 2.22. The number of carbonyl (C=O) groups is 1. The van der Waals surface area contributed by atoms with E-state index in [1.54, 1.807) is 12.1 Å². The van der Waals surface area contributed by atoms with Crippen LogP contribution < -0.4 is 10.0 Å². The van der Waals surface area contributed by atoms with Crippen LogP contribution in [0, 0.1) is 0 Å². The monoisotopic (exact) mass is 372 g/mol. The fourth-order valence-corrected chi connectivity index (χ4v) is 4.45. The second-order valence-electron chi connectivity index (χ2n) is 6.54. The second-order valence-corrected chi connectivity index (χ2v) is 8.31. The number of sulfonamides is 1. The van der Waals surface area contributed by atoms with Crippen LogP contribution in [0.1, 0.15) is 53.7 Å². The molecule has 138 valence electrons. The molecule has 2 N–H and O–H groups in total. The van der Waals surface area contributed by atoms with Gasteiger partial charge in [0.25, 0.3) is 5.91 Å². The summed E-state index contributed by atoms with van der Waals surface area (Å²) in [6, 6.07) is 14.3. The molecule has 1 aliphatic rings. The van der Waals surface area contributed by atoms with Crippen molar-refractivity contribution in [2.75, 3.05) is 6.54 Å². The molecule has 0 aliphatic heterocycles. The normalized spacial score (nSPS) is 16.7. The Kier molecular flexibility index (Phi) is 5.74. The lowest BCUT2D eigenvalue weighted by Gasteiger charge is -2.26. The number of benzene rings is 2. The molecule has 0 bridgehead atoms. The molecule has 2 aromatic carbocycles. The Balaban J connectivity index is 1.78. The quantitative estimate of drug-likeness (QED) is 0.818. The number of hydrogen-bond acceptors (Lipinski definition) is 3. The van der Waals surface area contributed by atoms with Gasteiger partial charge in [0.2, 0.25) is 10.0 Å². The van der Waals surface area contributed by atoms with Gasteiger partial charge in [-0.3, -0.25) is 4.79 Å². The largest absolute Gasteiger partial charge is 0.345 e. The summed E-state index contributed by atoms with van der Waals surface area (Å²) in [5, 5.41) is 3.06. The highest BCUT2D eigenvalue weighted by molar-refractivity contribution is 7.89. The molecule has 2 aromatic rings. The van der Waals surface area contributed by atoms with Crippen molar-refractivity contribution in [1.82, 2.24) is 10.0 Å². The van der Waals surface area contributed by atoms with Crippen LogP contribution in [0.2, 0.25) is 0 Å². The van der Waals surface area contributed by atoms with Crippen molar-refractivity contribution in [3.05, 3.63) is 65.2 Å². The Morgan fingerprint density at radius 3 is 2.77 bits per heavy atom. The molecule has 0 spiro atoms. The van der Waals surface area contributed by atoms with E-state index in [0.29, 0.717) is 18.5 Å². The maximum atomic E-state index is 12.7. The first-order valence-corrected chi connectivity index (χ1v) is 10.5. The van der Waals surface area contributed by atoms with Gasteiger partial charge < -0.3 is 5.32 Å². The van der Waals surface area contributed by atoms with Gasteiger partial charge >= 0.3 is 0 Å². The van der Waals surface area contributed by atoms with Crippen molar-refractivity contribution in [3.63, 3.8) is 0 Å². The van der Waals surface area contributed by atoms with Crippen LogP contribution in [0.3, 0.4) is 0 Å². The van der Waals surface area contributed by atoms with Crippen molar-refractivity contribution in [2.45, 2.75) is 43.5 Å². The molecule has 1 atom stereocenters. The number of hydrogen-bond donors (Lipinski definition) is 2. The van der Waals surface area contributed by atoms with E-state index in [1.165, 1.54) is 17.7 Å². The van der Waals surface area contributed by atoms with Gasteiger partial charge in [-0.05, 0) is 55.0 Å². The zero-order valence-corrected chi connectivity index (χ0v) is 15.7. The maximum Gasteiger partial charge on any atom is 0.251 e. The third kappa shape index (κ3) is 4.14. The van der Waals surface area contributed by atoms with Crippen molar-refractivity contribution < 1.29 is 13.2 Å². The first-order valence-electron chi connectivity index (χ1n) is 8.99. The third-order valence-corrected chi connectivity index (χ3v) is 6.08. The topological polar surface area (TPSA) is 75.3 Å². The van der Waals surface area contributed by atoms with E-state index in [2.05, 4.69) is 22.2 Å². The molecule has 0 fully saturated rings. The lowest BCUT2D eigenvalue weighted by atomic mass is 9.87. The minimum absolute atomic E-state index is 0.0362. The Hall–Kier alpha value is -2.18. The Bertz CT molecular complexity index is 893. The van der Waals surface area contributed by atoms with E-state index < -0.39 is 10.0 Å². The highest BCUT2D eigenvalue weighted by atomic mass is 32.2. The van der Waals surface area contributed by atoms with Crippen molar-refractivity contribution in [2.24, 2.45) is 0 Å². The average Bonchev–Trinajstić information content (AvgIpc) is 2.67. The molecule has 1 amide bonds. The van der Waals surface area contributed by atoms with Gasteiger partial charge in [0.05, 0.1) is 10.9 Å². The van der Waals surface area contributed by atoms with Crippen molar-refractivity contribution >= 4 is 15.9 Å². The molecule has 0 saturated heterocycles. The molecule has 26 heavy (non-hydrogen) atoms. The standard InChI is InChI=1S/C20H24N2O3S/c1-2-13-21-26(24,25)17-10-5-9-16(14-17)20(23)22-19-12-6-8-15-7-3-4-11-18(15)19/h3-5,7,9-11,14,19,21H,2,6,8,12-13H2,1H3,(H,22,23)/t19-/m1/s1. The molecule has 0 unspecified atom stereocenters. The lowest BCUT2D eigenvalue weighted by molar-refractivity contribution is 0.0932. The Morgan fingerprint density at radius 2 is 1.96 bits per heavy atom. The number of rotatable bonds is 6. The molecular weight excluding hydrogens is 348 g/mol. The van der Waals surface area contributed by atoms with Crippen molar-refractivity contribution in [3.8, 4) is 0 Å². The van der Waals surface area contributed by atoms with Crippen molar-refractivity contribution in [1.29, 1.82) is 0 Å². The van der Waals surface area contributed by atoms with E-state index in [0.717, 1.165) is 24.8 Å². The summed E-state index contributed by atoms with van der Waals surface area (Å²) < 4.78 is 27.1. The molecule has 0 aromatic heterocycles. The molecule has 3 rings (SSSR count). The van der Waals surface area contributed by atoms with Crippen LogP contribution in [0.5, 0.6) is 0 Å². The van der Waals surface area contributed by atoms with Crippen LogP contribution in [0.15, 0.2) is 53.4 Å². The predicted molar refractivity (Wildman–Crippen MR) is 102 cm³/mol. The number of aryl methyl sites for hydroxylation is 1. The van der Waals surface area contributed by atoms with Crippen LogP contribution in [-0.2, 0) is 16.4 Å².